The number of hydrogen-bond donors (Lipinski definition) is 0. The van der Waals surface area contributed by atoms with Crippen molar-refractivity contribution in [3.8, 4) is 0 Å². The van der Waals surface area contributed by atoms with Crippen molar-refractivity contribution < 1.29 is 4.74 Å². The van der Waals surface area contributed by atoms with Crippen LogP contribution in [0.25, 0.3) is 0 Å². The summed E-state index contributed by atoms with van der Waals surface area (Å²) in [6.07, 6.45) is 6.97. The van der Waals surface area contributed by atoms with Crippen LogP contribution in [0.4, 0.5) is 0 Å². The Balaban J connectivity index is 2.00. The van der Waals surface area contributed by atoms with E-state index in [0.717, 1.165) is 12.5 Å². The first-order valence-electron chi connectivity index (χ1n) is 8.20. The third-order valence-electron chi connectivity index (χ3n) is 5.21. The van der Waals surface area contributed by atoms with Crippen LogP contribution in [0.3, 0.4) is 0 Å². The molecule has 0 aromatic rings. The molecule has 2 heteroatoms. The lowest BCUT2D eigenvalue weighted by Gasteiger charge is -2.38. The summed E-state index contributed by atoms with van der Waals surface area (Å²) in [7, 11) is 0. The Hall–Kier alpha value is -0.0800. The first-order valence-corrected chi connectivity index (χ1v) is 8.20. The van der Waals surface area contributed by atoms with Gasteiger partial charge in [-0.05, 0) is 71.8 Å². The van der Waals surface area contributed by atoms with Crippen molar-refractivity contribution in [2.75, 3.05) is 19.7 Å². The van der Waals surface area contributed by atoms with Gasteiger partial charge in [0.25, 0.3) is 0 Å². The van der Waals surface area contributed by atoms with Crippen LogP contribution >= 0.6 is 0 Å². The molecule has 2 aliphatic rings. The van der Waals surface area contributed by atoms with Gasteiger partial charge in [-0.3, -0.25) is 0 Å². The van der Waals surface area contributed by atoms with Gasteiger partial charge in [0.1, 0.15) is 0 Å². The fourth-order valence-electron chi connectivity index (χ4n) is 3.87. The fourth-order valence-corrected chi connectivity index (χ4v) is 3.87. The lowest BCUT2D eigenvalue weighted by Crippen LogP contribution is -2.38. The second-order valence-electron chi connectivity index (χ2n) is 8.04. The Morgan fingerprint density at radius 1 is 1.21 bits per heavy atom. The molecule has 1 heterocycles. The van der Waals surface area contributed by atoms with Crippen molar-refractivity contribution in [3.05, 3.63) is 0 Å². The molecule has 0 aromatic heterocycles. The Morgan fingerprint density at radius 3 is 2.32 bits per heavy atom. The molecule has 1 saturated heterocycles. The van der Waals surface area contributed by atoms with E-state index >= 15 is 0 Å². The summed E-state index contributed by atoms with van der Waals surface area (Å²) in [5.74, 6) is 0.861. The van der Waals surface area contributed by atoms with Crippen molar-refractivity contribution >= 4 is 0 Å². The standard InChI is InChI=1S/C17H33NO/c1-14(2)18-11-8-15(12-18)17(9-6-7-10-17)13-19-16(3,4)5/h14-15H,6-13H2,1-5H3. The van der Waals surface area contributed by atoms with E-state index in [1.54, 1.807) is 0 Å². The highest BCUT2D eigenvalue weighted by Gasteiger charge is 2.45. The van der Waals surface area contributed by atoms with Crippen LogP contribution in [-0.4, -0.2) is 36.2 Å². The number of hydrogen-bond acceptors (Lipinski definition) is 2. The van der Waals surface area contributed by atoms with Crippen molar-refractivity contribution in [1.29, 1.82) is 0 Å². The predicted molar refractivity (Wildman–Crippen MR) is 81.4 cm³/mol. The molecule has 19 heavy (non-hydrogen) atoms. The maximum Gasteiger partial charge on any atom is 0.0598 e. The van der Waals surface area contributed by atoms with Gasteiger partial charge in [0.15, 0.2) is 0 Å². The smallest absolute Gasteiger partial charge is 0.0598 e. The fraction of sp³-hybridized carbons (Fsp3) is 1.00. The molecule has 0 aromatic carbocycles. The maximum atomic E-state index is 6.21. The minimum Gasteiger partial charge on any atom is -0.375 e. The van der Waals surface area contributed by atoms with Crippen molar-refractivity contribution in [3.63, 3.8) is 0 Å². The van der Waals surface area contributed by atoms with Crippen LogP contribution in [0.2, 0.25) is 0 Å². The molecule has 0 amide bonds. The molecule has 1 atom stereocenters. The van der Waals surface area contributed by atoms with Gasteiger partial charge >= 0.3 is 0 Å². The van der Waals surface area contributed by atoms with Gasteiger partial charge in [-0.1, -0.05) is 12.8 Å². The molecule has 0 bridgehead atoms. The Morgan fingerprint density at radius 2 is 1.84 bits per heavy atom. The molecular formula is C17H33NO. The maximum absolute atomic E-state index is 6.21. The van der Waals surface area contributed by atoms with Crippen LogP contribution in [0.5, 0.6) is 0 Å². The van der Waals surface area contributed by atoms with Gasteiger partial charge in [0, 0.05) is 12.6 Å². The van der Waals surface area contributed by atoms with Crippen molar-refractivity contribution in [2.45, 2.75) is 78.4 Å². The number of nitrogens with zero attached hydrogens (tertiary/aromatic N) is 1. The van der Waals surface area contributed by atoms with Crippen LogP contribution in [0.15, 0.2) is 0 Å². The average Bonchev–Trinajstić information content (AvgIpc) is 2.95. The molecule has 1 saturated carbocycles. The van der Waals surface area contributed by atoms with Gasteiger partial charge in [-0.2, -0.15) is 0 Å². The highest BCUT2D eigenvalue weighted by molar-refractivity contribution is 4.96. The molecule has 112 valence electrons. The normalized spacial score (nSPS) is 28.4. The molecule has 1 aliphatic heterocycles. The minimum atomic E-state index is 0.00588. The minimum absolute atomic E-state index is 0.00588. The predicted octanol–water partition coefficient (Wildman–Crippen LogP) is 4.09. The van der Waals surface area contributed by atoms with Crippen LogP contribution in [0, 0.1) is 11.3 Å². The summed E-state index contributed by atoms with van der Waals surface area (Å²) in [5.41, 5.74) is 0.489. The van der Waals surface area contributed by atoms with Gasteiger partial charge in [0.05, 0.1) is 12.2 Å². The van der Waals surface area contributed by atoms with E-state index in [9.17, 15) is 0 Å². The zero-order valence-electron chi connectivity index (χ0n) is 13.7. The van der Waals surface area contributed by atoms with Gasteiger partial charge < -0.3 is 9.64 Å². The van der Waals surface area contributed by atoms with E-state index in [1.165, 1.54) is 45.2 Å². The summed E-state index contributed by atoms with van der Waals surface area (Å²) < 4.78 is 6.21. The van der Waals surface area contributed by atoms with E-state index in [1.807, 2.05) is 0 Å². The lowest BCUT2D eigenvalue weighted by atomic mass is 9.74. The van der Waals surface area contributed by atoms with Crippen molar-refractivity contribution in [2.24, 2.45) is 11.3 Å². The van der Waals surface area contributed by atoms with Gasteiger partial charge in [0.2, 0.25) is 0 Å². The first-order chi connectivity index (χ1) is 8.82. The van der Waals surface area contributed by atoms with Gasteiger partial charge in [-0.15, -0.1) is 0 Å². The zero-order valence-corrected chi connectivity index (χ0v) is 13.7. The second-order valence-corrected chi connectivity index (χ2v) is 8.04. The number of ether oxygens (including phenoxy) is 1. The Bertz CT molecular complexity index is 286. The van der Waals surface area contributed by atoms with Crippen molar-refractivity contribution in [1.82, 2.24) is 4.90 Å². The molecule has 0 spiro atoms. The quantitative estimate of drug-likeness (QED) is 0.760. The average molecular weight is 267 g/mol. The molecule has 2 nitrogen and oxygen atoms in total. The van der Waals surface area contributed by atoms with E-state index in [4.69, 9.17) is 4.74 Å². The zero-order chi connectivity index (χ0) is 14.1. The molecule has 0 radical (unpaired) electrons. The van der Waals surface area contributed by atoms with Crippen LogP contribution in [0.1, 0.15) is 66.7 Å². The molecule has 2 rings (SSSR count). The third kappa shape index (κ3) is 3.72. The SMILES string of the molecule is CC(C)N1CCC(C2(COC(C)(C)C)CCCC2)C1. The monoisotopic (exact) mass is 267 g/mol. The largest absolute Gasteiger partial charge is 0.375 e. The topological polar surface area (TPSA) is 12.5 Å². The van der Waals surface area contributed by atoms with Crippen LogP contribution in [-0.2, 0) is 4.74 Å². The van der Waals surface area contributed by atoms with E-state index in [0.29, 0.717) is 11.5 Å². The van der Waals surface area contributed by atoms with Gasteiger partial charge in [-0.25, -0.2) is 0 Å². The molecular weight excluding hydrogens is 234 g/mol. The number of rotatable bonds is 4. The first kappa shape index (κ1) is 15.3. The molecule has 1 unspecified atom stereocenters. The molecule has 0 N–H and O–H groups in total. The Kier molecular flexibility index (Phi) is 4.62. The van der Waals surface area contributed by atoms with E-state index in [2.05, 4.69) is 39.5 Å². The lowest BCUT2D eigenvalue weighted by molar-refractivity contribution is -0.0684. The summed E-state index contributed by atoms with van der Waals surface area (Å²) in [5, 5.41) is 0. The summed E-state index contributed by atoms with van der Waals surface area (Å²) in [4.78, 5) is 2.65. The number of likely N-dealkylation sites (tertiary alicyclic amines) is 1. The summed E-state index contributed by atoms with van der Waals surface area (Å²) in [6.45, 7) is 14.8. The summed E-state index contributed by atoms with van der Waals surface area (Å²) in [6, 6.07) is 0.701. The Labute approximate surface area is 119 Å². The second kappa shape index (κ2) is 5.73. The highest BCUT2D eigenvalue weighted by atomic mass is 16.5. The van der Waals surface area contributed by atoms with E-state index < -0.39 is 0 Å². The van der Waals surface area contributed by atoms with E-state index in [-0.39, 0.29) is 5.60 Å². The molecule has 2 fully saturated rings. The highest BCUT2D eigenvalue weighted by Crippen LogP contribution is 2.48. The third-order valence-corrected chi connectivity index (χ3v) is 5.21. The van der Waals surface area contributed by atoms with Crippen LogP contribution < -0.4 is 0 Å². The molecule has 1 aliphatic carbocycles. The summed E-state index contributed by atoms with van der Waals surface area (Å²) >= 11 is 0.